The van der Waals surface area contributed by atoms with Gasteiger partial charge in [0.15, 0.2) is 11.4 Å². The average molecular weight is 456 g/mol. The lowest BCUT2D eigenvalue weighted by molar-refractivity contribution is 0.0256. The number of pyridine rings is 1. The molecule has 2 aromatic carbocycles. The van der Waals surface area contributed by atoms with Crippen molar-refractivity contribution in [3.63, 3.8) is 0 Å². The first kappa shape index (κ1) is 20.7. The SMILES string of the molecule is CC(=O)c1ccc(-c2cc3nccc(-c4cccc(C(=O)N5C[C@H]6C[C@@H]5CO6)c4F)c3o2)cc1. The molecule has 4 aromatic rings. The van der Waals surface area contributed by atoms with Gasteiger partial charge in [-0.1, -0.05) is 36.4 Å². The summed E-state index contributed by atoms with van der Waals surface area (Å²) in [6, 6.07) is 15.4. The Morgan fingerprint density at radius 2 is 1.91 bits per heavy atom. The van der Waals surface area contributed by atoms with Crippen LogP contribution in [0.4, 0.5) is 4.39 Å². The Morgan fingerprint density at radius 3 is 2.62 bits per heavy atom. The lowest BCUT2D eigenvalue weighted by Crippen LogP contribution is -2.41. The summed E-state index contributed by atoms with van der Waals surface area (Å²) in [5.74, 6) is -0.344. The number of hydrogen-bond donors (Lipinski definition) is 0. The molecule has 6 rings (SSSR count). The number of aromatic nitrogens is 1. The van der Waals surface area contributed by atoms with Gasteiger partial charge in [-0.2, -0.15) is 0 Å². The number of Topliss-reactive ketones (excluding diaryl/α,β-unsaturated/α-hetero) is 1. The Hall–Kier alpha value is -3.84. The third-order valence-electron chi connectivity index (χ3n) is 6.67. The van der Waals surface area contributed by atoms with Crippen LogP contribution >= 0.6 is 0 Å². The van der Waals surface area contributed by atoms with E-state index in [1.165, 1.54) is 13.0 Å². The average Bonchev–Trinajstić information content (AvgIpc) is 3.59. The Morgan fingerprint density at radius 1 is 1.09 bits per heavy atom. The molecule has 1 amide bonds. The summed E-state index contributed by atoms with van der Waals surface area (Å²) in [7, 11) is 0. The number of ketones is 1. The molecular weight excluding hydrogens is 435 g/mol. The first-order chi connectivity index (χ1) is 16.5. The molecular formula is C27H21FN2O4. The molecule has 2 atom stereocenters. The van der Waals surface area contributed by atoms with Gasteiger partial charge in [0.2, 0.25) is 0 Å². The normalized spacial score (nSPS) is 19.2. The largest absolute Gasteiger partial charge is 0.454 e. The molecule has 2 aliphatic rings. The summed E-state index contributed by atoms with van der Waals surface area (Å²) in [6.07, 6.45) is 2.45. The standard InChI is InChI=1S/C27H21FN2O4/c1-15(31)16-5-7-17(8-6-16)24-12-23-26(34-24)21(9-10-29-23)20-3-2-4-22(25(20)28)27(32)30-13-19-11-18(30)14-33-19/h2-10,12,18-19H,11,13-14H2,1H3/t18-,19-/m1/s1. The monoisotopic (exact) mass is 456 g/mol. The molecule has 2 saturated heterocycles. The Bertz CT molecular complexity index is 1440. The fourth-order valence-corrected chi connectivity index (χ4v) is 4.87. The van der Waals surface area contributed by atoms with Gasteiger partial charge in [-0.3, -0.25) is 14.6 Å². The third-order valence-corrected chi connectivity index (χ3v) is 6.67. The first-order valence-corrected chi connectivity index (χ1v) is 11.2. The molecule has 7 heteroatoms. The number of likely N-dealkylation sites (tertiary alicyclic amines) is 1. The number of halogens is 1. The van der Waals surface area contributed by atoms with Crippen LogP contribution in [0.3, 0.4) is 0 Å². The van der Waals surface area contributed by atoms with E-state index in [1.54, 1.807) is 47.5 Å². The molecule has 0 unspecified atom stereocenters. The zero-order valence-electron chi connectivity index (χ0n) is 18.5. The van der Waals surface area contributed by atoms with Gasteiger partial charge in [-0.15, -0.1) is 0 Å². The minimum absolute atomic E-state index is 0.00945. The van der Waals surface area contributed by atoms with Crippen LogP contribution in [0.15, 0.2) is 65.2 Å². The molecule has 170 valence electrons. The van der Waals surface area contributed by atoms with Gasteiger partial charge < -0.3 is 14.1 Å². The van der Waals surface area contributed by atoms with Gasteiger partial charge >= 0.3 is 0 Å². The lowest BCUT2D eigenvalue weighted by atomic mass is 10.0. The van der Waals surface area contributed by atoms with Crippen LogP contribution in [0.2, 0.25) is 0 Å². The minimum atomic E-state index is -0.576. The predicted octanol–water partition coefficient (Wildman–Crippen LogP) is 5.12. The van der Waals surface area contributed by atoms with E-state index < -0.39 is 5.82 Å². The number of fused-ring (bicyclic) bond motifs is 3. The zero-order valence-corrected chi connectivity index (χ0v) is 18.5. The number of carbonyl (C=O) groups excluding carboxylic acids is 2. The van der Waals surface area contributed by atoms with Crippen molar-refractivity contribution in [2.75, 3.05) is 13.2 Å². The van der Waals surface area contributed by atoms with Crippen LogP contribution in [0, 0.1) is 5.82 Å². The minimum Gasteiger partial charge on any atom is -0.454 e. The molecule has 2 bridgehead atoms. The number of carbonyl (C=O) groups is 2. The van der Waals surface area contributed by atoms with Crippen molar-refractivity contribution in [1.29, 1.82) is 0 Å². The number of hydrogen-bond acceptors (Lipinski definition) is 5. The highest BCUT2D eigenvalue weighted by Gasteiger charge is 2.42. The summed E-state index contributed by atoms with van der Waals surface area (Å²) in [5.41, 5.74) is 3.26. The van der Waals surface area contributed by atoms with Gasteiger partial charge in [0.25, 0.3) is 5.91 Å². The number of benzene rings is 2. The molecule has 34 heavy (non-hydrogen) atoms. The van der Waals surface area contributed by atoms with Crippen molar-refractivity contribution in [2.24, 2.45) is 0 Å². The highest BCUT2D eigenvalue weighted by atomic mass is 19.1. The van der Waals surface area contributed by atoms with E-state index in [2.05, 4.69) is 4.98 Å². The van der Waals surface area contributed by atoms with Crippen molar-refractivity contribution >= 4 is 22.8 Å². The van der Waals surface area contributed by atoms with Crippen LogP contribution in [0.25, 0.3) is 33.6 Å². The highest BCUT2D eigenvalue weighted by molar-refractivity contribution is 5.99. The summed E-state index contributed by atoms with van der Waals surface area (Å²) in [5, 5.41) is 0. The van der Waals surface area contributed by atoms with E-state index in [9.17, 15) is 9.59 Å². The van der Waals surface area contributed by atoms with Crippen molar-refractivity contribution in [2.45, 2.75) is 25.5 Å². The van der Waals surface area contributed by atoms with Crippen LogP contribution < -0.4 is 0 Å². The molecule has 0 aliphatic carbocycles. The number of ether oxygens (including phenoxy) is 1. The molecule has 6 nitrogen and oxygen atoms in total. The Balaban J connectivity index is 1.39. The van der Waals surface area contributed by atoms with E-state index >= 15 is 4.39 Å². The highest BCUT2D eigenvalue weighted by Crippen LogP contribution is 2.36. The van der Waals surface area contributed by atoms with Gasteiger partial charge in [0, 0.05) is 41.1 Å². The number of morpholine rings is 1. The molecule has 2 aliphatic heterocycles. The summed E-state index contributed by atoms with van der Waals surface area (Å²) >= 11 is 0. The van der Waals surface area contributed by atoms with Crippen molar-refractivity contribution in [3.05, 3.63) is 77.7 Å². The maximum absolute atomic E-state index is 15.7. The lowest BCUT2D eigenvalue weighted by Gasteiger charge is -2.27. The second-order valence-electron chi connectivity index (χ2n) is 8.79. The second-order valence-corrected chi connectivity index (χ2v) is 8.79. The van der Waals surface area contributed by atoms with E-state index in [1.807, 2.05) is 12.1 Å². The maximum Gasteiger partial charge on any atom is 0.257 e. The quantitative estimate of drug-likeness (QED) is 0.399. The van der Waals surface area contributed by atoms with E-state index in [0.717, 1.165) is 12.0 Å². The van der Waals surface area contributed by atoms with Gasteiger partial charge in [-0.05, 0) is 25.5 Å². The van der Waals surface area contributed by atoms with Crippen LogP contribution in [-0.4, -0.2) is 46.9 Å². The Kier molecular flexibility index (Phi) is 4.81. The van der Waals surface area contributed by atoms with Crippen molar-refractivity contribution < 1.29 is 23.1 Å². The molecule has 0 spiro atoms. The van der Waals surface area contributed by atoms with E-state index in [4.69, 9.17) is 9.15 Å². The third kappa shape index (κ3) is 3.31. The summed E-state index contributed by atoms with van der Waals surface area (Å²) < 4.78 is 27.4. The van der Waals surface area contributed by atoms with Crippen molar-refractivity contribution in [3.8, 4) is 22.5 Å². The Labute approximate surface area is 195 Å². The van der Waals surface area contributed by atoms with Gasteiger partial charge in [0.1, 0.15) is 17.1 Å². The number of amides is 1. The molecule has 2 aromatic heterocycles. The van der Waals surface area contributed by atoms with Gasteiger partial charge in [-0.25, -0.2) is 4.39 Å². The predicted molar refractivity (Wildman–Crippen MR) is 124 cm³/mol. The van der Waals surface area contributed by atoms with Crippen LogP contribution in [0.5, 0.6) is 0 Å². The maximum atomic E-state index is 15.7. The van der Waals surface area contributed by atoms with Crippen LogP contribution in [0.1, 0.15) is 34.1 Å². The fourth-order valence-electron chi connectivity index (χ4n) is 4.87. The molecule has 0 N–H and O–H groups in total. The van der Waals surface area contributed by atoms with E-state index in [-0.39, 0.29) is 35.0 Å². The summed E-state index contributed by atoms with van der Waals surface area (Å²) in [6.45, 7) is 2.52. The molecule has 0 saturated carbocycles. The zero-order chi connectivity index (χ0) is 23.4. The second kappa shape index (κ2) is 7.88. The smallest absolute Gasteiger partial charge is 0.257 e. The van der Waals surface area contributed by atoms with Crippen LogP contribution in [-0.2, 0) is 4.74 Å². The topological polar surface area (TPSA) is 72.6 Å². The number of rotatable bonds is 4. The number of nitrogens with zero attached hydrogens (tertiary/aromatic N) is 2. The molecule has 2 fully saturated rings. The van der Waals surface area contributed by atoms with E-state index in [0.29, 0.717) is 41.1 Å². The first-order valence-electron chi connectivity index (χ1n) is 11.2. The van der Waals surface area contributed by atoms with Crippen molar-refractivity contribution in [1.82, 2.24) is 9.88 Å². The molecule has 0 radical (unpaired) electrons. The van der Waals surface area contributed by atoms with Gasteiger partial charge in [0.05, 0.1) is 24.3 Å². The summed E-state index contributed by atoms with van der Waals surface area (Å²) in [4.78, 5) is 30.8. The molecule has 4 heterocycles. The fraction of sp³-hybridized carbons (Fsp3) is 0.222. The number of furan rings is 1.